The number of nitrogens with zero attached hydrogens (tertiary/aromatic N) is 2. The molecule has 5 nitrogen and oxygen atoms in total. The number of benzene rings is 4. The quantitative estimate of drug-likeness (QED) is 0.187. The molecule has 0 amide bonds. The summed E-state index contributed by atoms with van der Waals surface area (Å²) >= 11 is 12.4. The Labute approximate surface area is 255 Å². The fourth-order valence-electron chi connectivity index (χ4n) is 4.46. The maximum atomic E-state index is 13.1. The van der Waals surface area contributed by atoms with Gasteiger partial charge in [-0.05, 0) is 78.2 Å². The Kier molecular flexibility index (Phi) is 8.62. The monoisotopic (exact) mass is 622 g/mol. The Morgan fingerprint density at radius 2 is 1.56 bits per heavy atom. The summed E-state index contributed by atoms with van der Waals surface area (Å²) in [5.41, 5.74) is 2.26. The van der Waals surface area contributed by atoms with Crippen molar-refractivity contribution in [2.24, 2.45) is 0 Å². The molecule has 0 unspecified atom stereocenters. The molecule has 0 saturated carbocycles. The Morgan fingerprint density at radius 3 is 2.16 bits per heavy atom. The number of rotatable bonds is 8. The van der Waals surface area contributed by atoms with Gasteiger partial charge in [0.15, 0.2) is 0 Å². The van der Waals surface area contributed by atoms with Gasteiger partial charge in [0.1, 0.15) is 17.3 Å². The predicted octanol–water partition coefficient (Wildman–Crippen LogP) is 10.2. The molecule has 10 heteroatoms. The van der Waals surface area contributed by atoms with Gasteiger partial charge in [0.2, 0.25) is 0 Å². The number of halogens is 5. The molecule has 0 fully saturated rings. The van der Waals surface area contributed by atoms with Gasteiger partial charge in [-0.3, -0.25) is 0 Å². The third-order valence-electron chi connectivity index (χ3n) is 6.64. The number of aromatic carboxylic acids is 1. The van der Waals surface area contributed by atoms with Gasteiger partial charge in [0.25, 0.3) is 0 Å². The van der Waals surface area contributed by atoms with Crippen LogP contribution in [-0.2, 0) is 12.7 Å². The van der Waals surface area contributed by atoms with E-state index >= 15 is 0 Å². The van der Waals surface area contributed by atoms with Gasteiger partial charge in [-0.1, -0.05) is 65.7 Å². The first-order chi connectivity index (χ1) is 20.5. The standard InChI is InChI=1S/C33H23Cl2F3N2O3/c1-2-40-19-30(26-14-10-23(34)17-29(26)35)39-31(40)16-5-20-3-6-21(7-4-20)22-8-11-24(12-9-22)43-25-13-15-28(33(36,37)38)27(18-25)32(41)42/h3-19H,2H2,1H3,(H,41,42). The lowest BCUT2D eigenvalue weighted by Gasteiger charge is -2.12. The zero-order chi connectivity index (χ0) is 30.7. The molecular weight excluding hydrogens is 600 g/mol. The van der Waals surface area contributed by atoms with Crippen LogP contribution in [0.25, 0.3) is 34.5 Å². The molecule has 0 aliphatic heterocycles. The molecule has 5 rings (SSSR count). The molecule has 0 radical (unpaired) electrons. The predicted molar refractivity (Wildman–Crippen MR) is 163 cm³/mol. The van der Waals surface area contributed by atoms with Crippen molar-refractivity contribution in [3.8, 4) is 33.9 Å². The van der Waals surface area contributed by atoms with E-state index in [-0.39, 0.29) is 5.75 Å². The van der Waals surface area contributed by atoms with E-state index in [4.69, 9.17) is 32.9 Å². The Hall–Kier alpha value is -4.53. The number of ether oxygens (including phenoxy) is 1. The molecule has 0 spiro atoms. The minimum atomic E-state index is -4.78. The van der Waals surface area contributed by atoms with Crippen LogP contribution in [0.15, 0.2) is 91.1 Å². The lowest BCUT2D eigenvalue weighted by molar-refractivity contribution is -0.138. The van der Waals surface area contributed by atoms with E-state index in [0.717, 1.165) is 52.4 Å². The Balaban J connectivity index is 1.28. The summed E-state index contributed by atoms with van der Waals surface area (Å²) in [4.78, 5) is 16.1. The van der Waals surface area contributed by atoms with Crippen molar-refractivity contribution >= 4 is 41.3 Å². The molecule has 1 N–H and O–H groups in total. The number of hydrogen-bond acceptors (Lipinski definition) is 3. The SMILES string of the molecule is CCn1cc(-c2ccc(Cl)cc2Cl)nc1C=Cc1ccc(-c2ccc(Oc3ccc(C(F)(F)F)c(C(=O)O)c3)cc2)cc1. The molecule has 1 aromatic heterocycles. The van der Waals surface area contributed by atoms with Crippen molar-refractivity contribution in [3.63, 3.8) is 0 Å². The largest absolute Gasteiger partial charge is 0.478 e. The number of imidazole rings is 1. The molecule has 5 aromatic rings. The zero-order valence-corrected chi connectivity index (χ0v) is 24.1. The van der Waals surface area contributed by atoms with E-state index in [9.17, 15) is 23.1 Å². The lowest BCUT2D eigenvalue weighted by Crippen LogP contribution is -2.12. The van der Waals surface area contributed by atoms with E-state index < -0.39 is 23.3 Å². The zero-order valence-electron chi connectivity index (χ0n) is 22.6. The smallest absolute Gasteiger partial charge is 0.417 e. The second-order valence-corrected chi connectivity index (χ2v) is 10.3. The van der Waals surface area contributed by atoms with Crippen LogP contribution < -0.4 is 4.74 Å². The van der Waals surface area contributed by atoms with Crippen LogP contribution in [0.5, 0.6) is 11.5 Å². The first-order valence-corrected chi connectivity index (χ1v) is 13.8. The summed E-state index contributed by atoms with van der Waals surface area (Å²) < 4.78 is 47.0. The van der Waals surface area contributed by atoms with Crippen molar-refractivity contribution in [2.45, 2.75) is 19.6 Å². The summed E-state index contributed by atoms with van der Waals surface area (Å²) in [6.07, 6.45) is 1.08. The third kappa shape index (κ3) is 6.93. The topological polar surface area (TPSA) is 64.4 Å². The first kappa shape index (κ1) is 29.9. The van der Waals surface area contributed by atoms with Crippen LogP contribution >= 0.6 is 23.2 Å². The van der Waals surface area contributed by atoms with Gasteiger partial charge in [-0.2, -0.15) is 13.2 Å². The van der Waals surface area contributed by atoms with Gasteiger partial charge in [-0.15, -0.1) is 0 Å². The Morgan fingerprint density at radius 1 is 0.907 bits per heavy atom. The molecular formula is C33H23Cl2F3N2O3. The number of alkyl halides is 3. The van der Waals surface area contributed by atoms with Gasteiger partial charge >= 0.3 is 12.1 Å². The molecule has 0 saturated heterocycles. The highest BCUT2D eigenvalue weighted by molar-refractivity contribution is 6.36. The highest BCUT2D eigenvalue weighted by Gasteiger charge is 2.35. The molecule has 0 bridgehead atoms. The molecule has 43 heavy (non-hydrogen) atoms. The molecule has 218 valence electrons. The number of aryl methyl sites for hydroxylation is 1. The summed E-state index contributed by atoms with van der Waals surface area (Å²) in [5.74, 6) is -0.562. The normalized spacial score (nSPS) is 11.7. The average Bonchev–Trinajstić information content (AvgIpc) is 3.39. The van der Waals surface area contributed by atoms with E-state index in [1.165, 1.54) is 0 Å². The van der Waals surface area contributed by atoms with E-state index in [1.807, 2.05) is 72.3 Å². The second kappa shape index (κ2) is 12.4. The first-order valence-electron chi connectivity index (χ1n) is 13.1. The van der Waals surface area contributed by atoms with Crippen molar-refractivity contribution in [1.82, 2.24) is 9.55 Å². The fraction of sp³-hybridized carbons (Fsp3) is 0.0909. The number of carboxylic acids is 1. The van der Waals surface area contributed by atoms with Crippen LogP contribution in [-0.4, -0.2) is 20.6 Å². The van der Waals surface area contributed by atoms with Crippen LogP contribution in [0.4, 0.5) is 13.2 Å². The van der Waals surface area contributed by atoms with E-state index in [0.29, 0.717) is 21.9 Å². The van der Waals surface area contributed by atoms with Gasteiger partial charge < -0.3 is 14.4 Å². The number of carbonyl (C=O) groups is 1. The van der Waals surface area contributed by atoms with Crippen molar-refractivity contribution in [3.05, 3.63) is 124 Å². The molecule has 0 aliphatic carbocycles. The number of hydrogen-bond donors (Lipinski definition) is 1. The van der Waals surface area contributed by atoms with Crippen molar-refractivity contribution in [1.29, 1.82) is 0 Å². The summed E-state index contributed by atoms with van der Waals surface area (Å²) in [6, 6.07) is 22.8. The lowest BCUT2D eigenvalue weighted by atomic mass is 10.0. The van der Waals surface area contributed by atoms with Gasteiger partial charge in [0, 0.05) is 23.3 Å². The second-order valence-electron chi connectivity index (χ2n) is 9.49. The number of aromatic nitrogens is 2. The highest BCUT2D eigenvalue weighted by Crippen LogP contribution is 2.35. The minimum absolute atomic E-state index is 0.0126. The van der Waals surface area contributed by atoms with Crippen molar-refractivity contribution < 1.29 is 27.8 Å². The molecule has 0 aliphatic rings. The fourth-order valence-corrected chi connectivity index (χ4v) is 4.97. The molecule has 1 heterocycles. The average molecular weight is 623 g/mol. The van der Waals surface area contributed by atoms with Crippen LogP contribution in [0.2, 0.25) is 10.0 Å². The summed E-state index contributed by atoms with van der Waals surface area (Å²) in [7, 11) is 0. The third-order valence-corrected chi connectivity index (χ3v) is 7.19. The molecule has 0 atom stereocenters. The maximum Gasteiger partial charge on any atom is 0.417 e. The summed E-state index contributed by atoms with van der Waals surface area (Å²) in [5, 5.41) is 10.3. The van der Waals surface area contributed by atoms with E-state index in [1.54, 1.807) is 24.3 Å². The van der Waals surface area contributed by atoms with Crippen LogP contribution in [0.3, 0.4) is 0 Å². The van der Waals surface area contributed by atoms with Crippen LogP contribution in [0, 0.1) is 0 Å². The van der Waals surface area contributed by atoms with E-state index in [2.05, 4.69) is 0 Å². The Bertz CT molecular complexity index is 1810. The maximum absolute atomic E-state index is 13.1. The summed E-state index contributed by atoms with van der Waals surface area (Å²) in [6.45, 7) is 2.77. The highest BCUT2D eigenvalue weighted by atomic mass is 35.5. The van der Waals surface area contributed by atoms with Crippen molar-refractivity contribution in [2.75, 3.05) is 0 Å². The van der Waals surface area contributed by atoms with Gasteiger partial charge in [0.05, 0.1) is 21.8 Å². The minimum Gasteiger partial charge on any atom is -0.478 e. The number of carboxylic acid groups (broad SMARTS) is 1. The van der Waals surface area contributed by atoms with Gasteiger partial charge in [-0.25, -0.2) is 9.78 Å². The molecule has 4 aromatic carbocycles. The van der Waals surface area contributed by atoms with Crippen LogP contribution in [0.1, 0.15) is 34.2 Å².